The maximum atomic E-state index is 14.3. The van der Waals surface area contributed by atoms with Crippen LogP contribution in [0.15, 0.2) is 84.9 Å². The van der Waals surface area contributed by atoms with Crippen molar-refractivity contribution in [2.45, 2.75) is 25.0 Å². The molecule has 0 spiro atoms. The average molecular weight is 584 g/mol. The number of fused-ring (bicyclic) bond motifs is 1. The lowest BCUT2D eigenvalue weighted by Crippen LogP contribution is -2.81. The normalized spacial score (nSPS) is 18.3. The number of rotatable bonds is 7. The molecule has 2 atom stereocenters. The molecule has 3 heterocycles. The second-order valence-corrected chi connectivity index (χ2v) is 11.3. The summed E-state index contributed by atoms with van der Waals surface area (Å²) in [5.74, 6) is -0.727. The first-order valence-electron chi connectivity index (χ1n) is 14.8. The molecule has 5 aromatic rings. The quantitative estimate of drug-likeness (QED) is 0.281. The van der Waals surface area contributed by atoms with Crippen LogP contribution in [0.1, 0.15) is 12.8 Å². The lowest BCUT2D eigenvalue weighted by atomic mass is 9.98. The van der Waals surface area contributed by atoms with Gasteiger partial charge in [0.2, 0.25) is 0 Å². The molecule has 2 saturated heterocycles. The molecule has 2 aliphatic rings. The Labute approximate surface area is 247 Å². The van der Waals surface area contributed by atoms with Gasteiger partial charge in [0.15, 0.2) is 23.8 Å². The molecular formula is C35H32F3N3O2+2. The highest BCUT2D eigenvalue weighted by molar-refractivity contribution is 5.90. The summed E-state index contributed by atoms with van der Waals surface area (Å²) >= 11 is 0. The molecule has 218 valence electrons. The van der Waals surface area contributed by atoms with E-state index in [1.807, 2.05) is 42.5 Å². The van der Waals surface area contributed by atoms with Crippen molar-refractivity contribution in [1.82, 2.24) is 4.98 Å². The van der Waals surface area contributed by atoms with Crippen molar-refractivity contribution in [2.75, 3.05) is 26.2 Å². The van der Waals surface area contributed by atoms with E-state index in [1.165, 1.54) is 18.2 Å². The van der Waals surface area contributed by atoms with E-state index in [0.29, 0.717) is 22.4 Å². The minimum Gasteiger partial charge on any atom is -0.484 e. The van der Waals surface area contributed by atoms with Gasteiger partial charge in [-0.2, -0.15) is 0 Å². The smallest absolute Gasteiger partial charge is 0.159 e. The monoisotopic (exact) mass is 583 g/mol. The number of hydrogen-bond acceptors (Lipinski definition) is 3. The van der Waals surface area contributed by atoms with E-state index < -0.39 is 11.6 Å². The van der Waals surface area contributed by atoms with Gasteiger partial charge in [-0.3, -0.25) is 0 Å². The Bertz CT molecular complexity index is 1780. The highest BCUT2D eigenvalue weighted by Crippen LogP contribution is 2.38. The standard InChI is InChI=1S/C35H30F3N3O2/c36-25-6-1-21(2-7-25)28-15-23(5-10-34(28)42-26-11-13-39-19-26)32-9-4-24-17-35(43-27-12-14-40-20-27)29(18-33(24)41-32)22-3-8-30(37)31(38)16-22/h1-10,15-18,26-27,39-40H,11-14,19-20H2/p+2/t26-,27-/m0/s1. The van der Waals surface area contributed by atoms with Crippen molar-refractivity contribution < 1.29 is 33.3 Å². The Hall–Kier alpha value is -4.40. The fraction of sp³-hybridized carbons (Fsp3) is 0.229. The molecule has 2 aliphatic heterocycles. The van der Waals surface area contributed by atoms with Gasteiger partial charge in [0.25, 0.3) is 0 Å². The zero-order valence-corrected chi connectivity index (χ0v) is 23.5. The van der Waals surface area contributed by atoms with Crippen molar-refractivity contribution in [3.63, 3.8) is 0 Å². The number of nitrogens with two attached hydrogens (primary N) is 2. The average Bonchev–Trinajstić information content (AvgIpc) is 3.74. The Morgan fingerprint density at radius 1 is 0.605 bits per heavy atom. The Morgan fingerprint density at radius 3 is 1.98 bits per heavy atom. The first kappa shape index (κ1) is 27.4. The van der Waals surface area contributed by atoms with Crippen LogP contribution in [-0.4, -0.2) is 43.4 Å². The third-order valence-electron chi connectivity index (χ3n) is 8.28. The summed E-state index contributed by atoms with van der Waals surface area (Å²) < 4.78 is 54.6. The van der Waals surface area contributed by atoms with E-state index >= 15 is 0 Å². The van der Waals surface area contributed by atoms with Crippen molar-refractivity contribution in [3.8, 4) is 45.0 Å². The lowest BCUT2D eigenvalue weighted by molar-refractivity contribution is -0.638. The molecule has 43 heavy (non-hydrogen) atoms. The van der Waals surface area contributed by atoms with Crippen LogP contribution < -0.4 is 20.1 Å². The second-order valence-electron chi connectivity index (χ2n) is 11.3. The lowest BCUT2D eigenvalue weighted by Gasteiger charge is -2.17. The second kappa shape index (κ2) is 11.7. The molecule has 0 bridgehead atoms. The van der Waals surface area contributed by atoms with E-state index in [2.05, 4.69) is 10.6 Å². The highest BCUT2D eigenvalue weighted by Gasteiger charge is 2.23. The van der Waals surface area contributed by atoms with Crippen molar-refractivity contribution in [1.29, 1.82) is 0 Å². The summed E-state index contributed by atoms with van der Waals surface area (Å²) in [6.07, 6.45) is 2.06. The van der Waals surface area contributed by atoms with Crippen LogP contribution in [0.3, 0.4) is 0 Å². The predicted octanol–water partition coefficient (Wildman–Crippen LogP) is 5.08. The third-order valence-corrected chi connectivity index (χ3v) is 8.28. The number of pyridine rings is 1. The number of halogens is 3. The minimum atomic E-state index is -0.911. The number of nitrogens with zero attached hydrogens (tertiary/aromatic N) is 1. The first-order chi connectivity index (χ1) is 21.0. The highest BCUT2D eigenvalue weighted by atomic mass is 19.2. The van der Waals surface area contributed by atoms with E-state index in [-0.39, 0.29) is 18.0 Å². The molecule has 2 fully saturated rings. The minimum absolute atomic E-state index is 0.0430. The Morgan fingerprint density at radius 2 is 1.28 bits per heavy atom. The van der Waals surface area contributed by atoms with Crippen LogP contribution in [0, 0.1) is 17.5 Å². The zero-order chi connectivity index (χ0) is 29.3. The largest absolute Gasteiger partial charge is 0.484 e. The van der Waals surface area contributed by atoms with Crippen LogP contribution in [0.25, 0.3) is 44.4 Å². The maximum Gasteiger partial charge on any atom is 0.159 e. The molecule has 8 heteroatoms. The van der Waals surface area contributed by atoms with Gasteiger partial charge < -0.3 is 20.1 Å². The van der Waals surface area contributed by atoms with Crippen LogP contribution in [0.4, 0.5) is 13.2 Å². The summed E-state index contributed by atoms with van der Waals surface area (Å²) in [4.78, 5) is 4.99. The van der Waals surface area contributed by atoms with Gasteiger partial charge >= 0.3 is 0 Å². The fourth-order valence-electron chi connectivity index (χ4n) is 5.97. The van der Waals surface area contributed by atoms with Gasteiger partial charge in [-0.15, -0.1) is 0 Å². The predicted molar refractivity (Wildman–Crippen MR) is 159 cm³/mol. The fourth-order valence-corrected chi connectivity index (χ4v) is 5.97. The SMILES string of the molecule is Fc1ccc(-c2cc(-c3ccc4cc(O[C@H]5CC[NH2+]C5)c(-c5ccc(F)c(F)c5)cc4n3)ccc2O[C@H]2CC[NH2+]C2)cc1. The van der Waals surface area contributed by atoms with Crippen molar-refractivity contribution in [3.05, 3.63) is 102 Å². The molecule has 0 amide bonds. The molecule has 0 aliphatic carbocycles. The molecule has 1 aromatic heterocycles. The number of quaternary nitrogens is 2. The van der Waals surface area contributed by atoms with E-state index in [1.54, 1.807) is 18.2 Å². The van der Waals surface area contributed by atoms with Gasteiger partial charge in [0.1, 0.15) is 30.4 Å². The maximum absolute atomic E-state index is 14.3. The molecule has 0 unspecified atom stereocenters. The molecule has 4 aromatic carbocycles. The topological polar surface area (TPSA) is 64.6 Å². The first-order valence-corrected chi connectivity index (χ1v) is 14.8. The van der Waals surface area contributed by atoms with Crippen LogP contribution in [0.5, 0.6) is 11.5 Å². The number of aromatic nitrogens is 1. The molecule has 0 radical (unpaired) electrons. The van der Waals surface area contributed by atoms with Crippen LogP contribution >= 0.6 is 0 Å². The molecule has 5 nitrogen and oxygen atoms in total. The number of ether oxygens (including phenoxy) is 2. The van der Waals surface area contributed by atoms with Crippen molar-refractivity contribution in [2.24, 2.45) is 0 Å². The molecule has 4 N–H and O–H groups in total. The summed E-state index contributed by atoms with van der Waals surface area (Å²) in [5.41, 5.74) is 5.22. The Balaban J connectivity index is 1.30. The van der Waals surface area contributed by atoms with Gasteiger partial charge in [-0.25, -0.2) is 18.2 Å². The van der Waals surface area contributed by atoms with Gasteiger partial charge in [0, 0.05) is 34.9 Å². The molecular weight excluding hydrogens is 551 g/mol. The number of hydrogen-bond donors (Lipinski definition) is 2. The number of benzene rings is 4. The van der Waals surface area contributed by atoms with E-state index in [9.17, 15) is 13.2 Å². The summed E-state index contributed by atoms with van der Waals surface area (Å²) in [6.45, 7) is 3.78. The van der Waals surface area contributed by atoms with E-state index in [4.69, 9.17) is 14.5 Å². The summed E-state index contributed by atoms with van der Waals surface area (Å²) in [7, 11) is 0. The van der Waals surface area contributed by atoms with Crippen LogP contribution in [-0.2, 0) is 0 Å². The molecule has 0 saturated carbocycles. The summed E-state index contributed by atoms with van der Waals surface area (Å²) in [6, 6.07) is 24.1. The van der Waals surface area contributed by atoms with Crippen molar-refractivity contribution >= 4 is 10.9 Å². The summed E-state index contributed by atoms with van der Waals surface area (Å²) in [5, 5.41) is 5.33. The van der Waals surface area contributed by atoms with Gasteiger partial charge in [0.05, 0.1) is 24.3 Å². The third kappa shape index (κ3) is 5.81. The van der Waals surface area contributed by atoms with Gasteiger partial charge in [-0.05, 0) is 71.8 Å². The van der Waals surface area contributed by atoms with Gasteiger partial charge in [-0.1, -0.05) is 24.3 Å². The zero-order valence-electron chi connectivity index (χ0n) is 23.5. The molecule has 7 rings (SSSR count). The van der Waals surface area contributed by atoms with E-state index in [0.717, 1.165) is 78.6 Å². The Kier molecular flexibility index (Phi) is 7.47. The van der Waals surface area contributed by atoms with Crippen LogP contribution in [0.2, 0.25) is 0 Å².